The second-order valence-corrected chi connectivity index (χ2v) is 6.40. The van der Waals surface area contributed by atoms with E-state index in [2.05, 4.69) is 69.4 Å². The van der Waals surface area contributed by atoms with Crippen LogP contribution in [0, 0.1) is 0 Å². The zero-order valence-electron chi connectivity index (χ0n) is 15.4. The number of benzene rings is 2. The van der Waals surface area contributed by atoms with E-state index in [0.29, 0.717) is 6.04 Å². The summed E-state index contributed by atoms with van der Waals surface area (Å²) in [6, 6.07) is 17.2. The number of fused-ring (bicyclic) bond motifs is 1. The third-order valence-corrected chi connectivity index (χ3v) is 4.01. The van der Waals surface area contributed by atoms with Gasteiger partial charge in [0.15, 0.2) is 5.96 Å². The highest BCUT2D eigenvalue weighted by Gasteiger charge is 2.03. The van der Waals surface area contributed by atoms with E-state index in [9.17, 15) is 0 Å². The summed E-state index contributed by atoms with van der Waals surface area (Å²) in [6.45, 7) is 5.77. The fourth-order valence-corrected chi connectivity index (χ4v) is 2.75. The fourth-order valence-electron chi connectivity index (χ4n) is 2.75. The maximum absolute atomic E-state index is 4.45. The molecule has 1 heterocycles. The van der Waals surface area contributed by atoms with Gasteiger partial charge < -0.3 is 15.2 Å². The fraction of sp³-hybridized carbons (Fsp3) is 0.300. The van der Waals surface area contributed by atoms with Crippen LogP contribution >= 0.6 is 24.0 Å². The highest BCUT2D eigenvalue weighted by molar-refractivity contribution is 14.0. The number of guanidine groups is 1. The van der Waals surface area contributed by atoms with Gasteiger partial charge in [-0.1, -0.05) is 36.4 Å². The topological polar surface area (TPSA) is 54.2 Å². The van der Waals surface area contributed by atoms with Crippen molar-refractivity contribution in [2.75, 3.05) is 7.05 Å². The van der Waals surface area contributed by atoms with E-state index in [-0.39, 0.29) is 24.0 Å². The summed E-state index contributed by atoms with van der Waals surface area (Å²) >= 11 is 0. The summed E-state index contributed by atoms with van der Waals surface area (Å²) in [5.74, 6) is 0.823. The Balaban J connectivity index is 0.00000243. The lowest BCUT2D eigenvalue weighted by molar-refractivity contribution is 0.699. The summed E-state index contributed by atoms with van der Waals surface area (Å²) in [5, 5.41) is 6.62. The van der Waals surface area contributed by atoms with Crippen LogP contribution in [0.25, 0.3) is 11.0 Å². The molecule has 0 bridgehead atoms. The van der Waals surface area contributed by atoms with Gasteiger partial charge in [-0.2, -0.15) is 0 Å². The Morgan fingerprint density at radius 2 is 1.77 bits per heavy atom. The van der Waals surface area contributed by atoms with Gasteiger partial charge in [-0.3, -0.25) is 4.99 Å². The summed E-state index contributed by atoms with van der Waals surface area (Å²) in [5.41, 5.74) is 4.69. The van der Waals surface area contributed by atoms with Gasteiger partial charge in [-0.15, -0.1) is 24.0 Å². The minimum Gasteiger partial charge on any atom is -0.354 e. The summed E-state index contributed by atoms with van der Waals surface area (Å²) < 4.78 is 2.18. The van der Waals surface area contributed by atoms with Crippen molar-refractivity contribution < 1.29 is 0 Å². The summed E-state index contributed by atoms with van der Waals surface area (Å²) in [4.78, 5) is 8.67. The average Bonchev–Trinajstić information content (AvgIpc) is 3.02. The van der Waals surface area contributed by atoms with Gasteiger partial charge in [-0.05, 0) is 37.1 Å². The molecule has 0 spiro atoms. The van der Waals surface area contributed by atoms with Gasteiger partial charge >= 0.3 is 0 Å². The third kappa shape index (κ3) is 5.20. The SMILES string of the molecule is CN=C(NCc1ccc(Cn2cnc3ccccc32)cc1)NC(C)C.I. The second kappa shape index (κ2) is 9.56. The molecule has 0 amide bonds. The highest BCUT2D eigenvalue weighted by Crippen LogP contribution is 2.14. The second-order valence-electron chi connectivity index (χ2n) is 6.40. The minimum atomic E-state index is 0. The number of halogens is 1. The number of hydrogen-bond donors (Lipinski definition) is 2. The van der Waals surface area contributed by atoms with E-state index >= 15 is 0 Å². The standard InChI is InChI=1S/C20H25N5.HI/c1-15(2)24-20(21-3)22-12-16-8-10-17(11-9-16)13-25-14-23-18-6-4-5-7-19(18)25;/h4-11,14-15H,12-13H2,1-3H3,(H2,21,22,24);1H. The van der Waals surface area contributed by atoms with E-state index in [0.717, 1.165) is 30.1 Å². The average molecular weight is 463 g/mol. The number of nitrogens with zero attached hydrogens (tertiary/aromatic N) is 3. The number of aliphatic imine (C=N–C) groups is 1. The Morgan fingerprint density at radius 3 is 2.46 bits per heavy atom. The van der Waals surface area contributed by atoms with Crippen LogP contribution in [0.15, 0.2) is 59.9 Å². The van der Waals surface area contributed by atoms with Crippen LogP contribution in [0.4, 0.5) is 0 Å². The molecule has 0 saturated carbocycles. The van der Waals surface area contributed by atoms with Crippen LogP contribution in [-0.4, -0.2) is 28.6 Å². The minimum absolute atomic E-state index is 0. The molecule has 5 nitrogen and oxygen atoms in total. The van der Waals surface area contributed by atoms with Crippen molar-refractivity contribution in [1.82, 2.24) is 20.2 Å². The van der Waals surface area contributed by atoms with Crippen molar-refractivity contribution >= 4 is 41.0 Å². The normalized spacial score (nSPS) is 11.5. The molecular weight excluding hydrogens is 437 g/mol. The molecule has 138 valence electrons. The van der Waals surface area contributed by atoms with E-state index in [1.807, 2.05) is 24.5 Å². The molecule has 3 aromatic rings. The van der Waals surface area contributed by atoms with E-state index in [1.165, 1.54) is 11.1 Å². The number of nitrogens with one attached hydrogen (secondary N) is 2. The van der Waals surface area contributed by atoms with Crippen molar-refractivity contribution in [2.24, 2.45) is 4.99 Å². The summed E-state index contributed by atoms with van der Waals surface area (Å²) in [6.07, 6.45) is 1.90. The predicted molar refractivity (Wildman–Crippen MR) is 119 cm³/mol. The smallest absolute Gasteiger partial charge is 0.191 e. The molecule has 0 unspecified atom stereocenters. The highest BCUT2D eigenvalue weighted by atomic mass is 127. The van der Waals surface area contributed by atoms with Crippen LogP contribution in [0.3, 0.4) is 0 Å². The van der Waals surface area contributed by atoms with Crippen molar-refractivity contribution in [2.45, 2.75) is 33.0 Å². The van der Waals surface area contributed by atoms with Crippen LogP contribution in [-0.2, 0) is 13.1 Å². The molecular formula is C20H26IN5. The number of rotatable bonds is 5. The molecule has 0 atom stereocenters. The molecule has 0 radical (unpaired) electrons. The molecule has 3 rings (SSSR count). The first-order chi connectivity index (χ1) is 12.2. The van der Waals surface area contributed by atoms with Crippen LogP contribution < -0.4 is 10.6 Å². The molecule has 0 fully saturated rings. The first-order valence-corrected chi connectivity index (χ1v) is 8.60. The van der Waals surface area contributed by atoms with Crippen molar-refractivity contribution in [3.05, 3.63) is 66.0 Å². The lowest BCUT2D eigenvalue weighted by atomic mass is 10.1. The Labute approximate surface area is 172 Å². The molecule has 1 aromatic heterocycles. The monoisotopic (exact) mass is 463 g/mol. The van der Waals surface area contributed by atoms with E-state index < -0.39 is 0 Å². The Hall–Kier alpha value is -2.09. The zero-order valence-corrected chi connectivity index (χ0v) is 17.8. The Bertz CT molecular complexity index is 852. The maximum atomic E-state index is 4.45. The number of imidazole rings is 1. The number of hydrogen-bond acceptors (Lipinski definition) is 2. The molecule has 2 aromatic carbocycles. The first-order valence-electron chi connectivity index (χ1n) is 8.60. The first kappa shape index (κ1) is 20.2. The quantitative estimate of drug-likeness (QED) is 0.344. The Morgan fingerprint density at radius 1 is 1.08 bits per heavy atom. The summed E-state index contributed by atoms with van der Waals surface area (Å²) in [7, 11) is 1.79. The van der Waals surface area contributed by atoms with Crippen LogP contribution in [0.1, 0.15) is 25.0 Å². The van der Waals surface area contributed by atoms with Crippen molar-refractivity contribution in [3.8, 4) is 0 Å². The number of aromatic nitrogens is 2. The lowest BCUT2D eigenvalue weighted by Gasteiger charge is -2.14. The molecule has 2 N–H and O–H groups in total. The van der Waals surface area contributed by atoms with Gasteiger partial charge in [0.2, 0.25) is 0 Å². The van der Waals surface area contributed by atoms with Crippen molar-refractivity contribution in [1.29, 1.82) is 0 Å². The number of para-hydroxylation sites is 2. The van der Waals surface area contributed by atoms with E-state index in [1.54, 1.807) is 7.05 Å². The van der Waals surface area contributed by atoms with Crippen LogP contribution in [0.5, 0.6) is 0 Å². The predicted octanol–water partition coefficient (Wildman–Crippen LogP) is 3.78. The maximum Gasteiger partial charge on any atom is 0.191 e. The van der Waals surface area contributed by atoms with Gasteiger partial charge in [0.25, 0.3) is 0 Å². The third-order valence-electron chi connectivity index (χ3n) is 4.01. The van der Waals surface area contributed by atoms with Crippen LogP contribution in [0.2, 0.25) is 0 Å². The zero-order chi connectivity index (χ0) is 17.6. The largest absolute Gasteiger partial charge is 0.354 e. The molecule has 0 saturated heterocycles. The van der Waals surface area contributed by atoms with Gasteiger partial charge in [0.05, 0.1) is 17.4 Å². The molecule has 6 heteroatoms. The van der Waals surface area contributed by atoms with Gasteiger partial charge in [-0.25, -0.2) is 4.98 Å². The van der Waals surface area contributed by atoms with Gasteiger partial charge in [0, 0.05) is 26.2 Å². The molecule has 0 aliphatic carbocycles. The van der Waals surface area contributed by atoms with Gasteiger partial charge in [0.1, 0.15) is 0 Å². The molecule has 26 heavy (non-hydrogen) atoms. The Kier molecular flexibility index (Phi) is 7.44. The lowest BCUT2D eigenvalue weighted by Crippen LogP contribution is -2.40. The van der Waals surface area contributed by atoms with Crippen molar-refractivity contribution in [3.63, 3.8) is 0 Å². The van der Waals surface area contributed by atoms with E-state index in [4.69, 9.17) is 0 Å². The molecule has 0 aliphatic heterocycles. The molecule has 0 aliphatic rings.